The second kappa shape index (κ2) is 3.99. The molecule has 0 radical (unpaired) electrons. The van der Waals surface area contributed by atoms with Crippen LogP contribution in [-0.2, 0) is 10.8 Å². The van der Waals surface area contributed by atoms with E-state index in [1.807, 2.05) is 0 Å². The van der Waals surface area contributed by atoms with Crippen molar-refractivity contribution in [2.75, 3.05) is 0 Å². The van der Waals surface area contributed by atoms with E-state index in [9.17, 15) is 0 Å². The summed E-state index contributed by atoms with van der Waals surface area (Å²) in [7, 11) is 0. The normalized spacial score (nSPS) is 13.3. The van der Waals surface area contributed by atoms with E-state index in [-0.39, 0.29) is 10.8 Å². The van der Waals surface area contributed by atoms with Crippen LogP contribution >= 0.6 is 11.6 Å². The molecule has 2 nitrogen and oxygen atoms in total. The predicted octanol–water partition coefficient (Wildman–Crippen LogP) is 5.08. The molecule has 0 atom stereocenters. The number of benzene rings is 1. The molecule has 3 heteroatoms. The van der Waals surface area contributed by atoms with E-state index in [2.05, 4.69) is 58.8 Å². The quantitative estimate of drug-likeness (QED) is 0.664. The van der Waals surface area contributed by atoms with Gasteiger partial charge in [-0.25, -0.2) is 0 Å². The van der Waals surface area contributed by atoms with Crippen molar-refractivity contribution in [3.05, 3.63) is 28.4 Å². The van der Waals surface area contributed by atoms with E-state index >= 15 is 0 Å². The van der Waals surface area contributed by atoms with Gasteiger partial charge in [0.2, 0.25) is 0 Å². The summed E-state index contributed by atoms with van der Waals surface area (Å²) in [5.74, 6) is 0. The highest BCUT2D eigenvalue weighted by molar-refractivity contribution is 6.34. The van der Waals surface area contributed by atoms with Gasteiger partial charge in [0.1, 0.15) is 0 Å². The Kier molecular flexibility index (Phi) is 2.97. The summed E-state index contributed by atoms with van der Waals surface area (Å²) in [6.45, 7) is 13.1. The van der Waals surface area contributed by atoms with Gasteiger partial charge in [-0.05, 0) is 22.5 Å². The van der Waals surface area contributed by atoms with Crippen molar-refractivity contribution in [1.82, 2.24) is 5.16 Å². The molecule has 0 saturated carbocycles. The molecule has 0 aliphatic heterocycles. The largest absolute Gasteiger partial charge is 0.354 e. The third-order valence-corrected chi connectivity index (χ3v) is 3.47. The molecule has 0 spiro atoms. The van der Waals surface area contributed by atoms with Gasteiger partial charge in [-0.2, -0.15) is 0 Å². The van der Waals surface area contributed by atoms with Crippen LogP contribution in [0.5, 0.6) is 0 Å². The van der Waals surface area contributed by atoms with Crippen LogP contribution in [0, 0.1) is 0 Å². The van der Waals surface area contributed by atoms with Gasteiger partial charge < -0.3 is 4.52 Å². The molecular formula is C15H20ClNO. The fourth-order valence-electron chi connectivity index (χ4n) is 2.01. The Morgan fingerprint density at radius 3 is 2.11 bits per heavy atom. The summed E-state index contributed by atoms with van der Waals surface area (Å²) in [5.41, 5.74) is 3.30. The van der Waals surface area contributed by atoms with Gasteiger partial charge in [0, 0.05) is 5.56 Å². The van der Waals surface area contributed by atoms with E-state index in [1.165, 1.54) is 5.56 Å². The first kappa shape index (κ1) is 13.4. The SMILES string of the molecule is CC(C)(C)c1cc(C(C)(C)C)c2onc(Cl)c2c1. The Labute approximate surface area is 113 Å². The second-order valence-corrected chi connectivity index (χ2v) is 7.23. The standard InChI is InChI=1S/C15H20ClNO/c1-14(2,3)9-7-10-12(18-17-13(10)16)11(8-9)15(4,5)6/h7-8H,1-6H3. The maximum absolute atomic E-state index is 6.11. The summed E-state index contributed by atoms with van der Waals surface area (Å²) in [6.07, 6.45) is 0. The van der Waals surface area contributed by atoms with Gasteiger partial charge >= 0.3 is 0 Å². The summed E-state index contributed by atoms with van der Waals surface area (Å²) in [6, 6.07) is 4.30. The molecule has 0 unspecified atom stereocenters. The molecule has 1 heterocycles. The second-order valence-electron chi connectivity index (χ2n) is 6.87. The van der Waals surface area contributed by atoms with Crippen molar-refractivity contribution in [2.24, 2.45) is 0 Å². The van der Waals surface area contributed by atoms with Crippen LogP contribution in [0.1, 0.15) is 52.7 Å². The minimum absolute atomic E-state index is 0.00235. The Bertz CT molecular complexity index is 585. The lowest BCUT2D eigenvalue weighted by atomic mass is 9.80. The van der Waals surface area contributed by atoms with Crippen LogP contribution in [-0.4, -0.2) is 5.16 Å². The summed E-state index contributed by atoms with van der Waals surface area (Å²) in [5, 5.41) is 5.24. The zero-order valence-electron chi connectivity index (χ0n) is 11.9. The molecule has 1 aromatic heterocycles. The van der Waals surface area contributed by atoms with Crippen molar-refractivity contribution in [3.63, 3.8) is 0 Å². The molecular weight excluding hydrogens is 246 g/mol. The van der Waals surface area contributed by atoms with Gasteiger partial charge in [-0.15, -0.1) is 0 Å². The minimum atomic E-state index is 0.00235. The number of fused-ring (bicyclic) bond motifs is 1. The molecule has 0 amide bonds. The Hall–Kier alpha value is -1.02. The first-order valence-electron chi connectivity index (χ1n) is 6.20. The zero-order valence-corrected chi connectivity index (χ0v) is 12.6. The molecule has 0 saturated heterocycles. The number of nitrogens with zero attached hydrogens (tertiary/aromatic N) is 1. The van der Waals surface area contributed by atoms with E-state index in [0.29, 0.717) is 5.15 Å². The minimum Gasteiger partial charge on any atom is -0.354 e. The third-order valence-electron chi connectivity index (χ3n) is 3.20. The molecule has 2 aromatic rings. The zero-order chi connectivity index (χ0) is 13.7. The molecule has 0 bridgehead atoms. The molecule has 98 valence electrons. The number of rotatable bonds is 0. The Balaban J connectivity index is 2.83. The van der Waals surface area contributed by atoms with Gasteiger partial charge in [0.05, 0.1) is 5.39 Å². The monoisotopic (exact) mass is 265 g/mol. The first-order chi connectivity index (χ1) is 8.10. The molecule has 1 aromatic carbocycles. The van der Waals surface area contributed by atoms with Gasteiger partial charge in [0.25, 0.3) is 0 Å². The third kappa shape index (κ3) is 2.26. The molecule has 0 aliphatic carbocycles. The van der Waals surface area contributed by atoms with Crippen LogP contribution < -0.4 is 0 Å². The van der Waals surface area contributed by atoms with Crippen molar-refractivity contribution in [2.45, 2.75) is 52.4 Å². The van der Waals surface area contributed by atoms with E-state index < -0.39 is 0 Å². The number of halogens is 1. The Morgan fingerprint density at radius 2 is 1.61 bits per heavy atom. The van der Waals surface area contributed by atoms with Crippen LogP contribution in [0.3, 0.4) is 0 Å². The lowest BCUT2D eigenvalue weighted by Crippen LogP contribution is -2.16. The lowest BCUT2D eigenvalue weighted by Gasteiger charge is -2.24. The van der Waals surface area contributed by atoms with Crippen molar-refractivity contribution in [1.29, 1.82) is 0 Å². The van der Waals surface area contributed by atoms with E-state index in [0.717, 1.165) is 16.5 Å². The highest BCUT2D eigenvalue weighted by Gasteiger charge is 2.25. The molecule has 0 aliphatic rings. The number of hydrogen-bond donors (Lipinski definition) is 0. The van der Waals surface area contributed by atoms with Gasteiger partial charge in [0.15, 0.2) is 10.7 Å². The van der Waals surface area contributed by atoms with Crippen molar-refractivity contribution in [3.8, 4) is 0 Å². The highest BCUT2D eigenvalue weighted by atomic mass is 35.5. The topological polar surface area (TPSA) is 26.0 Å². The predicted molar refractivity (Wildman–Crippen MR) is 76.4 cm³/mol. The molecule has 2 rings (SSSR count). The van der Waals surface area contributed by atoms with Gasteiger partial charge in [-0.3, -0.25) is 0 Å². The number of hydrogen-bond acceptors (Lipinski definition) is 2. The lowest BCUT2D eigenvalue weighted by molar-refractivity contribution is 0.446. The summed E-state index contributed by atoms with van der Waals surface area (Å²) in [4.78, 5) is 0. The van der Waals surface area contributed by atoms with Gasteiger partial charge in [-0.1, -0.05) is 64.4 Å². The Morgan fingerprint density at radius 1 is 1.00 bits per heavy atom. The summed E-state index contributed by atoms with van der Waals surface area (Å²) < 4.78 is 5.39. The average Bonchev–Trinajstić information content (AvgIpc) is 2.56. The van der Waals surface area contributed by atoms with Crippen LogP contribution in [0.25, 0.3) is 11.0 Å². The highest BCUT2D eigenvalue weighted by Crippen LogP contribution is 2.37. The first-order valence-corrected chi connectivity index (χ1v) is 6.58. The van der Waals surface area contributed by atoms with Crippen LogP contribution in [0.15, 0.2) is 16.7 Å². The summed E-state index contributed by atoms with van der Waals surface area (Å²) >= 11 is 6.11. The maximum Gasteiger partial charge on any atom is 0.180 e. The maximum atomic E-state index is 6.11. The molecule has 0 N–H and O–H groups in total. The van der Waals surface area contributed by atoms with E-state index in [4.69, 9.17) is 16.1 Å². The average molecular weight is 266 g/mol. The molecule has 0 fully saturated rings. The fraction of sp³-hybridized carbons (Fsp3) is 0.533. The number of aromatic nitrogens is 1. The smallest absolute Gasteiger partial charge is 0.180 e. The fourth-order valence-corrected chi connectivity index (χ4v) is 2.18. The van der Waals surface area contributed by atoms with Crippen molar-refractivity contribution >= 4 is 22.6 Å². The van der Waals surface area contributed by atoms with Crippen molar-refractivity contribution < 1.29 is 4.52 Å². The van der Waals surface area contributed by atoms with E-state index in [1.54, 1.807) is 0 Å². The molecule has 18 heavy (non-hydrogen) atoms. The van der Waals surface area contributed by atoms with Crippen LogP contribution in [0.4, 0.5) is 0 Å². The van der Waals surface area contributed by atoms with Crippen LogP contribution in [0.2, 0.25) is 5.15 Å².